The van der Waals surface area contributed by atoms with E-state index in [0.717, 1.165) is 0 Å². The van der Waals surface area contributed by atoms with Gasteiger partial charge < -0.3 is 10.5 Å². The fourth-order valence-corrected chi connectivity index (χ4v) is 0.637. The van der Waals surface area contributed by atoms with Gasteiger partial charge in [0.25, 0.3) is 0 Å². The number of hydrogen-bond donors (Lipinski definition) is 1. The van der Waals surface area contributed by atoms with Crippen LogP contribution in [-0.4, -0.2) is 0 Å². The summed E-state index contributed by atoms with van der Waals surface area (Å²) >= 11 is 0. The minimum absolute atomic E-state index is 0.532. The molecule has 1 aromatic carbocycles. The highest BCUT2D eigenvalue weighted by atomic mass is 16.5. The first kappa shape index (κ1) is 6.50. The summed E-state index contributed by atoms with van der Waals surface area (Å²) in [6, 6.07) is 7.07. The third-order valence-corrected chi connectivity index (χ3v) is 1.09. The van der Waals surface area contributed by atoms with Gasteiger partial charge in [0.15, 0.2) is 5.75 Å². The molecule has 0 saturated heterocycles. The van der Waals surface area contributed by atoms with Gasteiger partial charge in [0.05, 0.1) is 5.69 Å². The molecule has 0 aromatic heterocycles. The molecule has 0 fully saturated rings. The largest absolute Gasteiger partial charge is 0.406 e. The van der Waals surface area contributed by atoms with E-state index < -0.39 is 0 Å². The van der Waals surface area contributed by atoms with Crippen molar-refractivity contribution in [3.05, 3.63) is 24.3 Å². The summed E-state index contributed by atoms with van der Waals surface area (Å²) in [6.07, 6.45) is 6.95. The zero-order chi connectivity index (χ0) is 7.40. The Kier molecular flexibility index (Phi) is 1.81. The van der Waals surface area contributed by atoms with Crippen LogP contribution in [0.4, 0.5) is 5.69 Å². The maximum atomic E-state index is 5.49. The van der Waals surface area contributed by atoms with Gasteiger partial charge in [-0.15, -0.1) is 0 Å². The minimum Gasteiger partial charge on any atom is -0.406 e. The maximum Gasteiger partial charge on any atom is 0.163 e. The van der Waals surface area contributed by atoms with Crippen LogP contribution < -0.4 is 10.5 Å². The van der Waals surface area contributed by atoms with E-state index >= 15 is 0 Å². The van der Waals surface area contributed by atoms with E-state index in [4.69, 9.17) is 16.9 Å². The van der Waals surface area contributed by atoms with Crippen LogP contribution in [0.1, 0.15) is 0 Å². The molecule has 0 saturated carbocycles. The molecule has 0 aliphatic rings. The average molecular weight is 133 g/mol. The Labute approximate surface area is 59.6 Å². The summed E-state index contributed by atoms with van der Waals surface area (Å²) in [4.78, 5) is 0. The summed E-state index contributed by atoms with van der Waals surface area (Å²) in [5.41, 5.74) is 6.04. The Bertz CT molecular complexity index is 262. The number of ether oxygens (including phenoxy) is 1. The fourth-order valence-electron chi connectivity index (χ4n) is 0.637. The lowest BCUT2D eigenvalue weighted by Crippen LogP contribution is -1.89. The molecule has 0 unspecified atom stereocenters. The number of anilines is 1. The Morgan fingerprint density at radius 2 is 2.10 bits per heavy atom. The average Bonchev–Trinajstić information content (AvgIpc) is 1.94. The molecule has 0 aliphatic heterocycles. The van der Waals surface area contributed by atoms with Crippen LogP contribution in [0.2, 0.25) is 0 Å². The summed E-state index contributed by atoms with van der Waals surface area (Å²) < 4.78 is 4.74. The molecule has 1 aromatic rings. The molecule has 1 rings (SSSR count). The number of hydrogen-bond acceptors (Lipinski definition) is 2. The van der Waals surface area contributed by atoms with Crippen LogP contribution in [0.5, 0.6) is 5.75 Å². The molecule has 2 N–H and O–H groups in total. The molecule has 50 valence electrons. The second kappa shape index (κ2) is 2.79. The van der Waals surface area contributed by atoms with Gasteiger partial charge in [-0.1, -0.05) is 18.6 Å². The number of para-hydroxylation sites is 2. The van der Waals surface area contributed by atoms with Gasteiger partial charge in [-0.2, -0.15) is 0 Å². The fraction of sp³-hybridized carbons (Fsp3) is 0. The number of rotatable bonds is 1. The zero-order valence-corrected chi connectivity index (χ0v) is 5.37. The highest BCUT2D eigenvalue weighted by Gasteiger charge is 1.93. The lowest BCUT2D eigenvalue weighted by atomic mass is 10.3. The molecule has 0 bridgehead atoms. The SMILES string of the molecule is C#COc1ccccc1N. The van der Waals surface area contributed by atoms with Crippen molar-refractivity contribution in [2.45, 2.75) is 0 Å². The Morgan fingerprint density at radius 3 is 2.70 bits per heavy atom. The predicted octanol–water partition coefficient (Wildman–Crippen LogP) is 1.24. The highest BCUT2D eigenvalue weighted by molar-refractivity contribution is 5.52. The molecule has 0 radical (unpaired) electrons. The lowest BCUT2D eigenvalue weighted by molar-refractivity contribution is 0.523. The topological polar surface area (TPSA) is 35.2 Å². The van der Waals surface area contributed by atoms with Crippen molar-refractivity contribution in [2.75, 3.05) is 5.73 Å². The van der Waals surface area contributed by atoms with Gasteiger partial charge in [-0.3, -0.25) is 0 Å². The summed E-state index contributed by atoms with van der Waals surface area (Å²) in [5.74, 6) is 0.532. The number of nitrogen functional groups attached to an aromatic ring is 1. The predicted molar refractivity (Wildman–Crippen MR) is 40.3 cm³/mol. The molecule has 2 nitrogen and oxygen atoms in total. The van der Waals surface area contributed by atoms with Crippen LogP contribution in [0, 0.1) is 12.5 Å². The van der Waals surface area contributed by atoms with Crippen LogP contribution in [0.15, 0.2) is 24.3 Å². The Balaban J connectivity index is 2.94. The van der Waals surface area contributed by atoms with Crippen molar-refractivity contribution in [1.29, 1.82) is 0 Å². The van der Waals surface area contributed by atoms with Crippen molar-refractivity contribution in [1.82, 2.24) is 0 Å². The third-order valence-electron chi connectivity index (χ3n) is 1.09. The first-order valence-corrected chi connectivity index (χ1v) is 2.81. The van der Waals surface area contributed by atoms with E-state index in [0.29, 0.717) is 11.4 Å². The smallest absolute Gasteiger partial charge is 0.163 e. The normalized spacial score (nSPS) is 8.30. The van der Waals surface area contributed by atoms with Crippen LogP contribution >= 0.6 is 0 Å². The van der Waals surface area contributed by atoms with Gasteiger partial charge in [-0.25, -0.2) is 0 Å². The zero-order valence-electron chi connectivity index (χ0n) is 5.37. The van der Waals surface area contributed by atoms with E-state index in [1.165, 1.54) is 0 Å². The second-order valence-electron chi connectivity index (χ2n) is 1.76. The molecule has 0 aliphatic carbocycles. The highest BCUT2D eigenvalue weighted by Crippen LogP contribution is 2.18. The first-order chi connectivity index (χ1) is 4.84. The number of nitrogens with two attached hydrogens (primary N) is 1. The summed E-state index contributed by atoms with van der Waals surface area (Å²) in [6.45, 7) is 0. The van der Waals surface area contributed by atoms with Gasteiger partial charge in [0.2, 0.25) is 0 Å². The molecule has 0 heterocycles. The summed E-state index contributed by atoms with van der Waals surface area (Å²) in [7, 11) is 0. The minimum atomic E-state index is 0.532. The van der Waals surface area contributed by atoms with E-state index in [1.54, 1.807) is 12.1 Å². The molecular weight excluding hydrogens is 126 g/mol. The molecule has 0 amide bonds. The lowest BCUT2D eigenvalue weighted by Gasteiger charge is -1.98. The molecule has 0 spiro atoms. The van der Waals surface area contributed by atoms with Crippen LogP contribution in [-0.2, 0) is 0 Å². The Hall–Kier alpha value is -1.62. The van der Waals surface area contributed by atoms with Gasteiger partial charge >= 0.3 is 0 Å². The molecule has 2 heteroatoms. The number of terminal acetylenes is 1. The van der Waals surface area contributed by atoms with E-state index in [-0.39, 0.29) is 0 Å². The van der Waals surface area contributed by atoms with Gasteiger partial charge in [0, 0.05) is 0 Å². The number of benzene rings is 1. The van der Waals surface area contributed by atoms with Crippen LogP contribution in [0.3, 0.4) is 0 Å². The van der Waals surface area contributed by atoms with Gasteiger partial charge in [0.1, 0.15) is 6.11 Å². The van der Waals surface area contributed by atoms with E-state index in [2.05, 4.69) is 0 Å². The summed E-state index contributed by atoms with van der Waals surface area (Å²) in [5, 5.41) is 0. The standard InChI is InChI=1S/C8H7NO/c1-2-10-8-6-4-3-5-7(8)9/h1,3-6H,9H2. The molecular formula is C8H7NO. The molecule has 10 heavy (non-hydrogen) atoms. The van der Waals surface area contributed by atoms with Crippen molar-refractivity contribution in [3.63, 3.8) is 0 Å². The van der Waals surface area contributed by atoms with Crippen molar-refractivity contribution in [2.24, 2.45) is 0 Å². The molecule has 0 atom stereocenters. The Morgan fingerprint density at radius 1 is 1.40 bits per heavy atom. The van der Waals surface area contributed by atoms with E-state index in [1.807, 2.05) is 18.2 Å². The van der Waals surface area contributed by atoms with Gasteiger partial charge in [-0.05, 0) is 12.1 Å². The second-order valence-corrected chi connectivity index (χ2v) is 1.76. The van der Waals surface area contributed by atoms with E-state index in [9.17, 15) is 0 Å². The van der Waals surface area contributed by atoms with Crippen molar-refractivity contribution in [3.8, 4) is 18.3 Å². The van der Waals surface area contributed by atoms with Crippen molar-refractivity contribution >= 4 is 5.69 Å². The van der Waals surface area contributed by atoms with Crippen molar-refractivity contribution < 1.29 is 4.74 Å². The monoisotopic (exact) mass is 133 g/mol. The maximum absolute atomic E-state index is 5.49. The quantitative estimate of drug-likeness (QED) is 0.462. The first-order valence-electron chi connectivity index (χ1n) is 2.81. The third kappa shape index (κ3) is 1.20. The van der Waals surface area contributed by atoms with Crippen LogP contribution in [0.25, 0.3) is 0 Å².